The number of benzene rings is 2. The summed E-state index contributed by atoms with van der Waals surface area (Å²) in [6.07, 6.45) is 1.57. The van der Waals surface area contributed by atoms with E-state index in [2.05, 4.69) is 0 Å². The molecule has 0 amide bonds. The molecule has 0 heterocycles. The van der Waals surface area contributed by atoms with Gasteiger partial charge in [0, 0.05) is 11.1 Å². The number of fused-ring (bicyclic) bond motifs is 1. The maximum atomic E-state index is 12.4. The SMILES string of the molecule is O=C(O)COc1c(I)cc(C=C2C(=O)c3ccccc3C2=O)cc1I. The van der Waals surface area contributed by atoms with E-state index in [9.17, 15) is 14.4 Å². The molecule has 2 aromatic rings. The summed E-state index contributed by atoms with van der Waals surface area (Å²) in [5.74, 6) is -1.15. The van der Waals surface area contributed by atoms with E-state index in [-0.39, 0.29) is 17.1 Å². The fourth-order valence-electron chi connectivity index (χ4n) is 2.50. The number of hydrogen-bond acceptors (Lipinski definition) is 4. The Balaban J connectivity index is 1.96. The number of halogens is 2. The highest BCUT2D eigenvalue weighted by Gasteiger charge is 2.32. The van der Waals surface area contributed by atoms with Crippen LogP contribution in [0.4, 0.5) is 0 Å². The largest absolute Gasteiger partial charge is 0.480 e. The van der Waals surface area contributed by atoms with Gasteiger partial charge in [-0.25, -0.2) is 4.79 Å². The lowest BCUT2D eigenvalue weighted by Crippen LogP contribution is -2.11. The van der Waals surface area contributed by atoms with Crippen LogP contribution in [0.1, 0.15) is 26.3 Å². The Morgan fingerprint density at radius 1 is 1.04 bits per heavy atom. The number of allylic oxidation sites excluding steroid dienone is 1. The Hall–Kier alpha value is -1.75. The highest BCUT2D eigenvalue weighted by atomic mass is 127. The maximum Gasteiger partial charge on any atom is 0.341 e. The molecule has 0 atom stereocenters. The van der Waals surface area contributed by atoms with Crippen molar-refractivity contribution in [3.8, 4) is 5.75 Å². The van der Waals surface area contributed by atoms with Gasteiger partial charge in [-0.3, -0.25) is 9.59 Å². The number of ketones is 2. The molecule has 0 spiro atoms. The third-order valence-corrected chi connectivity index (χ3v) is 5.18. The van der Waals surface area contributed by atoms with E-state index in [4.69, 9.17) is 9.84 Å². The third kappa shape index (κ3) is 3.61. The molecule has 126 valence electrons. The molecule has 1 aliphatic carbocycles. The number of carbonyl (C=O) groups excluding carboxylic acids is 2. The molecule has 0 bridgehead atoms. The highest BCUT2D eigenvalue weighted by Crippen LogP contribution is 2.32. The Kier molecular flexibility index (Phi) is 5.23. The maximum absolute atomic E-state index is 12.4. The summed E-state index contributed by atoms with van der Waals surface area (Å²) < 4.78 is 6.68. The quantitative estimate of drug-likeness (QED) is 0.350. The molecule has 3 rings (SSSR count). The predicted octanol–water partition coefficient (Wildman–Crippen LogP) is 3.82. The van der Waals surface area contributed by atoms with E-state index in [0.29, 0.717) is 29.6 Å². The van der Waals surface area contributed by atoms with Gasteiger partial charge in [-0.15, -0.1) is 0 Å². The fraction of sp³-hybridized carbons (Fsp3) is 0.0556. The molecule has 7 heteroatoms. The molecule has 1 aliphatic rings. The van der Waals surface area contributed by atoms with Crippen LogP contribution in [0.15, 0.2) is 42.0 Å². The summed E-state index contributed by atoms with van der Waals surface area (Å²) in [5, 5.41) is 8.73. The van der Waals surface area contributed by atoms with Gasteiger partial charge in [0.2, 0.25) is 0 Å². The standard InChI is InChI=1S/C18H10I2O5/c19-13-6-9(7-14(20)18(13)25-8-15(21)22)5-12-16(23)10-3-1-2-4-11(10)17(12)24/h1-7H,8H2,(H,21,22). The number of hydrogen-bond donors (Lipinski definition) is 1. The van der Waals surface area contributed by atoms with Gasteiger partial charge in [0.1, 0.15) is 5.75 Å². The Bertz CT molecular complexity index is 886. The zero-order valence-corrected chi connectivity index (χ0v) is 16.9. The Labute approximate surface area is 170 Å². The second-order valence-corrected chi connectivity index (χ2v) is 7.58. The van der Waals surface area contributed by atoms with Crippen LogP contribution in [0.3, 0.4) is 0 Å². The van der Waals surface area contributed by atoms with Gasteiger partial charge in [-0.05, 0) is 69.0 Å². The molecule has 5 nitrogen and oxygen atoms in total. The van der Waals surface area contributed by atoms with E-state index < -0.39 is 12.6 Å². The van der Waals surface area contributed by atoms with Crippen molar-refractivity contribution in [3.63, 3.8) is 0 Å². The third-order valence-electron chi connectivity index (χ3n) is 3.58. The number of Topliss-reactive ketones (excluding diaryl/α,β-unsaturated/α-hetero) is 2. The van der Waals surface area contributed by atoms with Gasteiger partial charge in [-0.2, -0.15) is 0 Å². The van der Waals surface area contributed by atoms with E-state index in [1.807, 2.05) is 45.2 Å². The topological polar surface area (TPSA) is 80.7 Å². The fourth-order valence-corrected chi connectivity index (χ4v) is 4.63. The normalized spacial score (nSPS) is 13.0. The van der Waals surface area contributed by atoms with E-state index in [1.54, 1.807) is 42.5 Å². The smallest absolute Gasteiger partial charge is 0.341 e. The first-order chi connectivity index (χ1) is 11.9. The predicted molar refractivity (Wildman–Crippen MR) is 108 cm³/mol. The monoisotopic (exact) mass is 560 g/mol. The molecule has 0 saturated heterocycles. The first-order valence-electron chi connectivity index (χ1n) is 7.12. The van der Waals surface area contributed by atoms with Gasteiger partial charge in [0.05, 0.1) is 12.7 Å². The number of ether oxygens (including phenoxy) is 1. The van der Waals surface area contributed by atoms with Crippen LogP contribution in [0.2, 0.25) is 0 Å². The first-order valence-corrected chi connectivity index (χ1v) is 9.28. The zero-order chi connectivity index (χ0) is 18.1. The van der Waals surface area contributed by atoms with Gasteiger partial charge in [0.15, 0.2) is 18.2 Å². The van der Waals surface area contributed by atoms with Crippen LogP contribution in [0.25, 0.3) is 6.08 Å². The minimum Gasteiger partial charge on any atom is -0.480 e. The second kappa shape index (κ2) is 7.24. The summed E-state index contributed by atoms with van der Waals surface area (Å²) >= 11 is 4.07. The molecule has 1 N–H and O–H groups in total. The minimum absolute atomic E-state index is 0.131. The summed E-state index contributed by atoms with van der Waals surface area (Å²) in [6.45, 7) is -0.432. The molecule has 0 radical (unpaired) electrons. The molecule has 0 aromatic heterocycles. The van der Waals surface area contributed by atoms with Gasteiger partial charge >= 0.3 is 5.97 Å². The molecule has 25 heavy (non-hydrogen) atoms. The van der Waals surface area contributed by atoms with Crippen LogP contribution in [-0.4, -0.2) is 29.2 Å². The lowest BCUT2D eigenvalue weighted by atomic mass is 10.1. The Morgan fingerprint density at radius 3 is 2.04 bits per heavy atom. The van der Waals surface area contributed by atoms with Gasteiger partial charge in [0.25, 0.3) is 0 Å². The van der Waals surface area contributed by atoms with Gasteiger partial charge in [-0.1, -0.05) is 24.3 Å². The molecule has 0 fully saturated rings. The van der Waals surface area contributed by atoms with Gasteiger partial charge < -0.3 is 9.84 Å². The van der Waals surface area contributed by atoms with Crippen molar-refractivity contribution in [2.75, 3.05) is 6.61 Å². The molecule has 0 saturated carbocycles. The highest BCUT2D eigenvalue weighted by molar-refractivity contribution is 14.1. The molecular formula is C18H10I2O5. The van der Waals surface area contributed by atoms with E-state index in [1.165, 1.54) is 0 Å². The van der Waals surface area contributed by atoms with Crippen molar-refractivity contribution in [3.05, 3.63) is 65.8 Å². The van der Waals surface area contributed by atoms with Crippen LogP contribution < -0.4 is 4.74 Å². The Morgan fingerprint density at radius 2 is 1.56 bits per heavy atom. The van der Waals surface area contributed by atoms with Crippen molar-refractivity contribution in [1.29, 1.82) is 0 Å². The summed E-state index contributed by atoms with van der Waals surface area (Å²) in [6, 6.07) is 10.2. The number of carboxylic acid groups (broad SMARTS) is 1. The van der Waals surface area contributed by atoms with Crippen molar-refractivity contribution in [2.24, 2.45) is 0 Å². The lowest BCUT2D eigenvalue weighted by Gasteiger charge is -2.09. The van der Waals surface area contributed by atoms with Crippen molar-refractivity contribution in [2.45, 2.75) is 0 Å². The number of carbonyl (C=O) groups is 3. The minimum atomic E-state index is -1.06. The van der Waals surface area contributed by atoms with Crippen molar-refractivity contribution >= 4 is 68.8 Å². The van der Waals surface area contributed by atoms with Crippen LogP contribution in [0.5, 0.6) is 5.75 Å². The average molecular weight is 560 g/mol. The molecule has 2 aromatic carbocycles. The molecule has 0 unspecified atom stereocenters. The summed E-state index contributed by atoms with van der Waals surface area (Å²) in [5.41, 5.74) is 1.65. The zero-order valence-electron chi connectivity index (χ0n) is 12.6. The number of carboxylic acids is 1. The van der Waals surface area contributed by atoms with Crippen LogP contribution >= 0.6 is 45.2 Å². The molecule has 0 aliphatic heterocycles. The van der Waals surface area contributed by atoms with E-state index in [0.717, 1.165) is 0 Å². The number of aliphatic carboxylic acids is 1. The summed E-state index contributed by atoms with van der Waals surface area (Å²) in [7, 11) is 0. The first kappa shape index (κ1) is 18.1. The van der Waals surface area contributed by atoms with Crippen LogP contribution in [-0.2, 0) is 4.79 Å². The molecular weight excluding hydrogens is 550 g/mol. The second-order valence-electron chi connectivity index (χ2n) is 5.26. The van der Waals surface area contributed by atoms with Crippen LogP contribution in [0, 0.1) is 7.14 Å². The lowest BCUT2D eigenvalue weighted by molar-refractivity contribution is -0.139. The average Bonchev–Trinajstić information content (AvgIpc) is 2.79. The van der Waals surface area contributed by atoms with Crippen molar-refractivity contribution < 1.29 is 24.2 Å². The number of rotatable bonds is 4. The van der Waals surface area contributed by atoms with E-state index >= 15 is 0 Å². The summed E-state index contributed by atoms with van der Waals surface area (Å²) in [4.78, 5) is 35.5. The van der Waals surface area contributed by atoms with Crippen molar-refractivity contribution in [1.82, 2.24) is 0 Å².